The van der Waals surface area contributed by atoms with Gasteiger partial charge in [0.05, 0.1) is 33.2 Å². The van der Waals surface area contributed by atoms with Crippen LogP contribution in [0.5, 0.6) is 0 Å². The number of aryl methyl sites for hydroxylation is 2. The van der Waals surface area contributed by atoms with Crippen LogP contribution in [0, 0.1) is 11.8 Å². The van der Waals surface area contributed by atoms with Gasteiger partial charge in [0, 0.05) is 58.2 Å². The van der Waals surface area contributed by atoms with Crippen molar-refractivity contribution in [3.8, 4) is 51.8 Å². The molecule has 0 fully saturated rings. The molecule has 8 aromatic rings. The Labute approximate surface area is 423 Å². The molecule has 0 amide bonds. The predicted octanol–water partition coefficient (Wildman–Crippen LogP) is 19.1. The minimum atomic E-state index is -0.106. The molecule has 67 heavy (non-hydrogen) atoms. The largest absolute Gasteiger partial charge is 0.252 e. The monoisotopic (exact) mass is 1000 g/mol. The van der Waals surface area contributed by atoms with Gasteiger partial charge in [0.2, 0.25) is 0 Å². The third-order valence-electron chi connectivity index (χ3n) is 14.5. The number of hydrogen-bond acceptors (Lipinski definition) is 12. The molecule has 12 heteroatoms. The van der Waals surface area contributed by atoms with Crippen LogP contribution in [0.2, 0.25) is 0 Å². The van der Waals surface area contributed by atoms with Gasteiger partial charge in [-0.15, -0.1) is 45.3 Å². The molecule has 0 radical (unpaired) electrons. The minimum absolute atomic E-state index is 0.106. The zero-order valence-corrected chi connectivity index (χ0v) is 45.4. The molecule has 1 aliphatic rings. The third-order valence-corrected chi connectivity index (χ3v) is 20.4. The van der Waals surface area contributed by atoms with Gasteiger partial charge in [-0.25, -0.2) is 0 Å². The van der Waals surface area contributed by atoms with E-state index in [1.807, 2.05) is 45.3 Å². The molecule has 0 saturated carbocycles. The molecule has 2 atom stereocenters. The van der Waals surface area contributed by atoms with E-state index < -0.39 is 0 Å². The van der Waals surface area contributed by atoms with E-state index >= 15 is 0 Å². The first-order valence-electron chi connectivity index (χ1n) is 25.6. The van der Waals surface area contributed by atoms with E-state index in [0.29, 0.717) is 11.8 Å². The van der Waals surface area contributed by atoms with Gasteiger partial charge in [0.25, 0.3) is 0 Å². The Morgan fingerprint density at radius 3 is 1.31 bits per heavy atom. The van der Waals surface area contributed by atoms with Crippen molar-refractivity contribution >= 4 is 90.9 Å². The van der Waals surface area contributed by atoms with E-state index in [9.17, 15) is 0 Å². The highest BCUT2D eigenvalue weighted by molar-refractivity contribution is 7.26. The van der Waals surface area contributed by atoms with Gasteiger partial charge < -0.3 is 0 Å². The van der Waals surface area contributed by atoms with Gasteiger partial charge in [0.1, 0.15) is 33.5 Å². The Kier molecular flexibility index (Phi) is 16.5. The highest BCUT2D eigenvalue weighted by atomic mass is 32.1. The van der Waals surface area contributed by atoms with Crippen molar-refractivity contribution in [2.75, 3.05) is 0 Å². The first-order valence-corrected chi connectivity index (χ1v) is 30.4. The quantitative estimate of drug-likeness (QED) is 0.0503. The zero-order chi connectivity index (χ0) is 46.3. The van der Waals surface area contributed by atoms with Gasteiger partial charge in [-0.05, 0) is 97.9 Å². The first-order chi connectivity index (χ1) is 32.9. The van der Waals surface area contributed by atoms with Crippen LogP contribution in [0.1, 0.15) is 178 Å². The number of hydrogen-bond donors (Lipinski definition) is 0. The molecule has 1 aliphatic carbocycles. The van der Waals surface area contributed by atoms with Gasteiger partial charge in [-0.1, -0.05) is 131 Å². The lowest BCUT2D eigenvalue weighted by molar-refractivity contribution is 0.266. The zero-order valence-electron chi connectivity index (χ0n) is 40.5. The van der Waals surface area contributed by atoms with Gasteiger partial charge in [-0.3, -0.25) is 9.97 Å². The molecular weight excluding hydrogens is 937 g/mol. The Morgan fingerprint density at radius 2 is 0.896 bits per heavy atom. The van der Waals surface area contributed by atoms with Crippen LogP contribution in [0.25, 0.3) is 73.8 Å². The molecule has 0 bridgehead atoms. The summed E-state index contributed by atoms with van der Waals surface area (Å²) in [5.41, 5.74) is 10.9. The SMILES string of the molecule is CCCCCCc1ccc(-c2cnc(-c3cc4c(s3)-c3sc(-c5ncc(-c6ccc(CCCCCC)s6)c6nsnc56)cc3C4(CC(CC)CCCC)CC(CC)CCCC)c3nsnc23)s1. The summed E-state index contributed by atoms with van der Waals surface area (Å²) in [4.78, 5) is 21.2. The maximum Gasteiger partial charge on any atom is 0.132 e. The van der Waals surface area contributed by atoms with Crippen molar-refractivity contribution in [1.82, 2.24) is 27.5 Å². The summed E-state index contributed by atoms with van der Waals surface area (Å²) in [5, 5.41) is 0. The number of fused-ring (bicyclic) bond motifs is 5. The summed E-state index contributed by atoms with van der Waals surface area (Å²) < 4.78 is 19.9. The highest BCUT2D eigenvalue weighted by Crippen LogP contribution is 2.63. The number of unbranched alkanes of at least 4 members (excludes halogenated alkanes) is 8. The summed E-state index contributed by atoms with van der Waals surface area (Å²) in [6.07, 6.45) is 28.9. The molecule has 0 aliphatic heterocycles. The van der Waals surface area contributed by atoms with Gasteiger partial charge in [0.15, 0.2) is 0 Å². The topological polar surface area (TPSA) is 77.3 Å². The second-order valence-electron chi connectivity index (χ2n) is 19.1. The van der Waals surface area contributed by atoms with Crippen molar-refractivity contribution in [1.29, 1.82) is 0 Å². The molecule has 8 heterocycles. The van der Waals surface area contributed by atoms with Crippen molar-refractivity contribution in [3.05, 3.63) is 69.7 Å². The molecule has 2 unspecified atom stereocenters. The maximum atomic E-state index is 5.31. The van der Waals surface area contributed by atoms with E-state index in [1.54, 1.807) is 0 Å². The Hall–Kier alpha value is -3.26. The van der Waals surface area contributed by atoms with Crippen molar-refractivity contribution in [2.45, 2.75) is 175 Å². The summed E-state index contributed by atoms with van der Waals surface area (Å²) in [7, 11) is 0. The first kappa shape index (κ1) is 48.8. The van der Waals surface area contributed by atoms with E-state index in [1.165, 1.54) is 176 Å². The van der Waals surface area contributed by atoms with Crippen LogP contribution in [0.4, 0.5) is 0 Å². The van der Waals surface area contributed by atoms with Crippen LogP contribution >= 0.6 is 68.8 Å². The smallest absolute Gasteiger partial charge is 0.132 e. The van der Waals surface area contributed by atoms with E-state index in [0.717, 1.165) is 70.3 Å². The summed E-state index contributed by atoms with van der Waals surface area (Å²) in [6.45, 7) is 14.1. The predicted molar refractivity (Wildman–Crippen MR) is 295 cm³/mol. The lowest BCUT2D eigenvalue weighted by Crippen LogP contribution is -2.31. The molecule has 6 nitrogen and oxygen atoms in total. The lowest BCUT2D eigenvalue weighted by Gasteiger charge is -2.37. The average Bonchev–Trinajstić information content (AvgIpc) is 4.22. The fourth-order valence-electron chi connectivity index (χ4n) is 10.6. The van der Waals surface area contributed by atoms with Crippen molar-refractivity contribution < 1.29 is 0 Å². The molecule has 0 aromatic carbocycles. The van der Waals surface area contributed by atoms with E-state index in [4.69, 9.17) is 27.5 Å². The molecule has 9 rings (SSSR count). The standard InChI is InChI=1S/C55H68N6S6/c1-7-13-17-19-23-37-25-27-43(62-37)39-33-56-49(51-47(39)58-66-60-51)45-29-41-53(64-45)54-42(55(41,31-35(11-5)21-15-9-3)32-36(12-6)22-16-10-4)30-46(65-54)50-52-48(59-67-61-52)40(34-57-50)44-28-26-38(63-44)24-20-18-14-8-2/h25-30,33-36H,7-24,31-32H2,1-6H3. The fourth-order valence-corrected chi connectivity index (χ4v) is 16.5. The maximum absolute atomic E-state index is 5.31. The van der Waals surface area contributed by atoms with Crippen LogP contribution in [-0.4, -0.2) is 27.5 Å². The number of nitrogens with zero attached hydrogens (tertiary/aromatic N) is 6. The van der Waals surface area contributed by atoms with E-state index in [-0.39, 0.29) is 5.41 Å². The summed E-state index contributed by atoms with van der Waals surface area (Å²) in [6, 6.07) is 14.3. The van der Waals surface area contributed by atoms with Crippen LogP contribution < -0.4 is 0 Å². The Balaban J connectivity index is 1.14. The molecule has 0 spiro atoms. The van der Waals surface area contributed by atoms with Crippen molar-refractivity contribution in [3.63, 3.8) is 0 Å². The van der Waals surface area contributed by atoms with Crippen LogP contribution in [-0.2, 0) is 18.3 Å². The number of pyridine rings is 2. The molecule has 8 aromatic heterocycles. The fraction of sp³-hybridized carbons (Fsp3) is 0.527. The second-order valence-corrected chi connectivity index (χ2v) is 24.6. The highest BCUT2D eigenvalue weighted by Gasteiger charge is 2.48. The molecule has 0 N–H and O–H groups in total. The number of thiophene rings is 4. The lowest BCUT2D eigenvalue weighted by atomic mass is 9.65. The minimum Gasteiger partial charge on any atom is -0.252 e. The third kappa shape index (κ3) is 10.2. The average molecular weight is 1010 g/mol. The number of rotatable bonds is 26. The van der Waals surface area contributed by atoms with Crippen LogP contribution in [0.3, 0.4) is 0 Å². The molecule has 354 valence electrons. The Morgan fingerprint density at radius 1 is 0.463 bits per heavy atom. The Bertz CT molecular complexity index is 2660. The molecule has 0 saturated heterocycles. The summed E-state index contributed by atoms with van der Waals surface area (Å²) in [5.74, 6) is 1.27. The van der Waals surface area contributed by atoms with E-state index in [2.05, 4.69) is 90.3 Å². The second kappa shape index (κ2) is 22.7. The van der Waals surface area contributed by atoms with Crippen LogP contribution in [0.15, 0.2) is 48.8 Å². The van der Waals surface area contributed by atoms with Crippen molar-refractivity contribution in [2.24, 2.45) is 11.8 Å². The summed E-state index contributed by atoms with van der Waals surface area (Å²) >= 11 is 10.3. The normalized spacial score (nSPS) is 14.1. The van der Waals surface area contributed by atoms with Gasteiger partial charge >= 0.3 is 0 Å². The van der Waals surface area contributed by atoms with Gasteiger partial charge in [-0.2, -0.15) is 17.5 Å². The molecular formula is C55H68N6S6. The number of aromatic nitrogens is 6.